The Balaban J connectivity index is 1.43. The van der Waals surface area contributed by atoms with Crippen LogP contribution in [0.25, 0.3) is 0 Å². The summed E-state index contributed by atoms with van der Waals surface area (Å²) in [5.74, 6) is 2.03. The van der Waals surface area contributed by atoms with E-state index in [1.807, 2.05) is 7.05 Å². The van der Waals surface area contributed by atoms with Gasteiger partial charge in [0.25, 0.3) is 0 Å². The third-order valence-electron chi connectivity index (χ3n) is 3.94. The number of nitrogens with one attached hydrogen (secondary N) is 1. The largest absolute Gasteiger partial charge is 0.370 e. The van der Waals surface area contributed by atoms with Crippen molar-refractivity contribution in [1.82, 2.24) is 15.5 Å². The highest BCUT2D eigenvalue weighted by Gasteiger charge is 2.29. The third-order valence-corrected chi connectivity index (χ3v) is 3.94. The molecule has 0 aliphatic heterocycles. The summed E-state index contributed by atoms with van der Waals surface area (Å²) < 4.78 is 11.1. The normalized spacial score (nSPS) is 28.5. The number of nitrogens with zero attached hydrogens (tertiary/aromatic N) is 2. The fraction of sp³-hybridized carbons (Fsp3) is 0.846. The van der Waals surface area contributed by atoms with Crippen LogP contribution in [0.5, 0.6) is 0 Å². The Kier molecular flexibility index (Phi) is 3.61. The van der Waals surface area contributed by atoms with Crippen LogP contribution in [-0.2, 0) is 11.3 Å². The smallest absolute Gasteiger partial charge is 0.229 e. The van der Waals surface area contributed by atoms with E-state index >= 15 is 0 Å². The maximum Gasteiger partial charge on any atom is 0.229 e. The molecule has 100 valence electrons. The van der Waals surface area contributed by atoms with Crippen molar-refractivity contribution < 1.29 is 9.26 Å². The van der Waals surface area contributed by atoms with Gasteiger partial charge in [0.05, 0.1) is 6.10 Å². The number of ether oxygens (including phenoxy) is 1. The SMILES string of the molecule is CNC1CCC(OCc2noc(C3CC3)n2)CC1. The van der Waals surface area contributed by atoms with E-state index in [0.29, 0.717) is 30.5 Å². The highest BCUT2D eigenvalue weighted by atomic mass is 16.5. The lowest BCUT2D eigenvalue weighted by atomic mass is 9.93. The van der Waals surface area contributed by atoms with Gasteiger partial charge in [0.15, 0.2) is 5.82 Å². The zero-order valence-electron chi connectivity index (χ0n) is 10.9. The summed E-state index contributed by atoms with van der Waals surface area (Å²) in [5, 5.41) is 7.30. The first-order valence-corrected chi connectivity index (χ1v) is 6.96. The van der Waals surface area contributed by atoms with Crippen LogP contribution in [0.4, 0.5) is 0 Å². The molecule has 1 aromatic rings. The van der Waals surface area contributed by atoms with Crippen LogP contribution in [0, 0.1) is 0 Å². The second-order valence-corrected chi connectivity index (χ2v) is 5.40. The predicted octanol–water partition coefficient (Wildman–Crippen LogP) is 1.99. The van der Waals surface area contributed by atoms with E-state index in [2.05, 4.69) is 15.5 Å². The molecule has 1 heterocycles. The molecule has 3 rings (SSSR count). The van der Waals surface area contributed by atoms with Crippen molar-refractivity contribution in [3.05, 3.63) is 11.7 Å². The average molecular weight is 251 g/mol. The summed E-state index contributed by atoms with van der Waals surface area (Å²) in [6, 6.07) is 0.663. The number of hydrogen-bond donors (Lipinski definition) is 1. The second kappa shape index (κ2) is 5.36. The highest BCUT2D eigenvalue weighted by Crippen LogP contribution is 2.38. The maximum absolute atomic E-state index is 5.86. The van der Waals surface area contributed by atoms with Gasteiger partial charge in [-0.3, -0.25) is 0 Å². The molecule has 0 aromatic carbocycles. The number of hydrogen-bond acceptors (Lipinski definition) is 5. The minimum atomic E-state index is 0.359. The van der Waals surface area contributed by atoms with Gasteiger partial charge in [0.1, 0.15) is 6.61 Å². The molecule has 1 N–H and O–H groups in total. The summed E-state index contributed by atoms with van der Waals surface area (Å²) in [7, 11) is 2.03. The van der Waals surface area contributed by atoms with Crippen LogP contribution >= 0.6 is 0 Å². The van der Waals surface area contributed by atoms with Crippen LogP contribution in [-0.4, -0.2) is 29.3 Å². The fourth-order valence-electron chi connectivity index (χ4n) is 2.53. The zero-order chi connectivity index (χ0) is 12.4. The summed E-state index contributed by atoms with van der Waals surface area (Å²) in [4.78, 5) is 4.37. The molecule has 1 aromatic heterocycles. The zero-order valence-corrected chi connectivity index (χ0v) is 10.9. The molecule has 2 fully saturated rings. The van der Waals surface area contributed by atoms with Crippen LogP contribution < -0.4 is 5.32 Å². The summed E-state index contributed by atoms with van der Waals surface area (Å²) in [6.45, 7) is 0.491. The molecule has 0 saturated heterocycles. The first-order chi connectivity index (χ1) is 8.85. The number of aromatic nitrogens is 2. The van der Waals surface area contributed by atoms with Gasteiger partial charge in [-0.05, 0) is 45.6 Å². The molecule has 0 spiro atoms. The highest BCUT2D eigenvalue weighted by molar-refractivity contribution is 5.01. The first kappa shape index (κ1) is 12.1. The lowest BCUT2D eigenvalue weighted by molar-refractivity contribution is 0.00793. The minimum absolute atomic E-state index is 0.359. The van der Waals surface area contributed by atoms with Gasteiger partial charge >= 0.3 is 0 Å². The molecule has 2 aliphatic carbocycles. The molecule has 18 heavy (non-hydrogen) atoms. The Labute approximate surface area is 107 Å². The Morgan fingerprint density at radius 2 is 2.00 bits per heavy atom. The molecule has 2 saturated carbocycles. The van der Waals surface area contributed by atoms with Gasteiger partial charge in [-0.25, -0.2) is 0 Å². The van der Waals surface area contributed by atoms with Crippen LogP contribution in [0.1, 0.15) is 56.2 Å². The van der Waals surface area contributed by atoms with Crippen molar-refractivity contribution in [2.24, 2.45) is 0 Å². The van der Waals surface area contributed by atoms with E-state index in [1.165, 1.54) is 25.7 Å². The monoisotopic (exact) mass is 251 g/mol. The Morgan fingerprint density at radius 1 is 1.22 bits per heavy atom. The molecule has 0 bridgehead atoms. The van der Waals surface area contributed by atoms with Gasteiger partial charge in [0.2, 0.25) is 5.89 Å². The molecule has 0 unspecified atom stereocenters. The fourth-order valence-corrected chi connectivity index (χ4v) is 2.53. The van der Waals surface area contributed by atoms with Crippen molar-refractivity contribution in [2.75, 3.05) is 7.05 Å². The lowest BCUT2D eigenvalue weighted by Gasteiger charge is -2.27. The van der Waals surface area contributed by atoms with E-state index in [1.54, 1.807) is 0 Å². The first-order valence-electron chi connectivity index (χ1n) is 6.96. The van der Waals surface area contributed by atoms with E-state index < -0.39 is 0 Å². The van der Waals surface area contributed by atoms with Crippen LogP contribution in [0.3, 0.4) is 0 Å². The molecule has 5 heteroatoms. The van der Waals surface area contributed by atoms with Crippen molar-refractivity contribution in [1.29, 1.82) is 0 Å². The number of rotatable bonds is 5. The van der Waals surface area contributed by atoms with Crippen molar-refractivity contribution >= 4 is 0 Å². The molecule has 0 amide bonds. The quantitative estimate of drug-likeness (QED) is 0.867. The van der Waals surface area contributed by atoms with Crippen molar-refractivity contribution in [3.8, 4) is 0 Å². The van der Waals surface area contributed by atoms with E-state index in [-0.39, 0.29) is 0 Å². The third kappa shape index (κ3) is 2.90. The predicted molar refractivity (Wildman–Crippen MR) is 66.2 cm³/mol. The van der Waals surface area contributed by atoms with Crippen molar-refractivity contribution in [2.45, 2.75) is 63.2 Å². The van der Waals surface area contributed by atoms with E-state index in [4.69, 9.17) is 9.26 Å². The van der Waals surface area contributed by atoms with Gasteiger partial charge in [-0.2, -0.15) is 4.98 Å². The molecule has 0 radical (unpaired) electrons. The molecule has 2 aliphatic rings. The van der Waals surface area contributed by atoms with Crippen molar-refractivity contribution in [3.63, 3.8) is 0 Å². The van der Waals surface area contributed by atoms with Crippen LogP contribution in [0.2, 0.25) is 0 Å². The minimum Gasteiger partial charge on any atom is -0.370 e. The van der Waals surface area contributed by atoms with Gasteiger partial charge in [-0.15, -0.1) is 0 Å². The van der Waals surface area contributed by atoms with E-state index in [0.717, 1.165) is 18.7 Å². The molecular formula is C13H21N3O2. The maximum atomic E-state index is 5.86. The second-order valence-electron chi connectivity index (χ2n) is 5.40. The molecule has 5 nitrogen and oxygen atoms in total. The van der Waals surface area contributed by atoms with E-state index in [9.17, 15) is 0 Å². The topological polar surface area (TPSA) is 60.2 Å². The summed E-state index contributed by atoms with van der Waals surface area (Å²) in [6.07, 6.45) is 7.38. The lowest BCUT2D eigenvalue weighted by Crippen LogP contribution is -2.32. The van der Waals surface area contributed by atoms with Crippen LogP contribution in [0.15, 0.2) is 4.52 Å². The Hall–Kier alpha value is -0.940. The Morgan fingerprint density at radius 3 is 2.67 bits per heavy atom. The standard InChI is InChI=1S/C13H21N3O2/c1-14-10-4-6-11(7-5-10)17-8-12-15-13(18-16-12)9-2-3-9/h9-11,14H,2-8H2,1H3. The van der Waals surface area contributed by atoms with Gasteiger partial charge in [0, 0.05) is 12.0 Å². The van der Waals surface area contributed by atoms with Gasteiger partial charge < -0.3 is 14.6 Å². The Bertz CT molecular complexity index is 381. The molecule has 0 atom stereocenters. The summed E-state index contributed by atoms with van der Waals surface area (Å²) in [5.41, 5.74) is 0. The average Bonchev–Trinajstić information content (AvgIpc) is 3.16. The summed E-state index contributed by atoms with van der Waals surface area (Å²) >= 11 is 0. The van der Waals surface area contributed by atoms with Gasteiger partial charge in [-0.1, -0.05) is 5.16 Å². The molecular weight excluding hydrogens is 230 g/mol.